The molecule has 0 bridgehead atoms. The first kappa shape index (κ1) is 13.9. The molecule has 0 aromatic rings. The Morgan fingerprint density at radius 1 is 1.27 bits per heavy atom. The van der Waals surface area contributed by atoms with E-state index in [1.54, 1.807) is 0 Å². The van der Waals surface area contributed by atoms with E-state index in [9.17, 15) is 9.59 Å². The molecule has 0 rings (SSSR count). The minimum absolute atomic E-state index is 0.0715. The molecule has 15 heavy (non-hydrogen) atoms. The number of nitrogens with one attached hydrogen (secondary N) is 2. The maximum Gasteiger partial charge on any atom is 0.303 e. The fraction of sp³-hybridized carbons (Fsp3) is 0.800. The molecule has 5 heteroatoms. The van der Waals surface area contributed by atoms with Crippen LogP contribution in [0.3, 0.4) is 0 Å². The van der Waals surface area contributed by atoms with E-state index in [1.165, 1.54) is 0 Å². The first-order valence-electron chi connectivity index (χ1n) is 5.05. The van der Waals surface area contributed by atoms with Crippen molar-refractivity contribution in [3.8, 4) is 0 Å². The van der Waals surface area contributed by atoms with Crippen LogP contribution in [0.5, 0.6) is 0 Å². The Balaban J connectivity index is 3.44. The Morgan fingerprint density at radius 3 is 2.33 bits per heavy atom. The van der Waals surface area contributed by atoms with Crippen molar-refractivity contribution in [2.45, 2.75) is 39.2 Å². The van der Waals surface area contributed by atoms with Gasteiger partial charge in [-0.15, -0.1) is 0 Å². The van der Waals surface area contributed by atoms with Crippen molar-refractivity contribution in [1.82, 2.24) is 10.6 Å². The van der Waals surface area contributed by atoms with Crippen LogP contribution in [-0.4, -0.2) is 35.6 Å². The molecule has 0 aromatic carbocycles. The zero-order valence-corrected chi connectivity index (χ0v) is 9.59. The lowest BCUT2D eigenvalue weighted by molar-refractivity contribution is -0.137. The Hall–Kier alpha value is -1.10. The highest BCUT2D eigenvalue weighted by Gasteiger charge is 2.12. The van der Waals surface area contributed by atoms with Crippen LogP contribution in [0.25, 0.3) is 0 Å². The fourth-order valence-corrected chi connectivity index (χ4v) is 1.03. The van der Waals surface area contributed by atoms with E-state index in [0.717, 1.165) is 0 Å². The number of carbonyl (C=O) groups is 2. The molecule has 0 aliphatic carbocycles. The van der Waals surface area contributed by atoms with Gasteiger partial charge in [0.15, 0.2) is 0 Å². The quantitative estimate of drug-likeness (QED) is 0.560. The van der Waals surface area contributed by atoms with Crippen molar-refractivity contribution in [1.29, 1.82) is 0 Å². The lowest BCUT2D eigenvalue weighted by Crippen LogP contribution is -2.45. The number of rotatable bonds is 6. The molecule has 0 fully saturated rings. The highest BCUT2D eigenvalue weighted by Crippen LogP contribution is 1.97. The summed E-state index contributed by atoms with van der Waals surface area (Å²) in [6, 6.07) is 0. The van der Waals surface area contributed by atoms with Gasteiger partial charge < -0.3 is 15.7 Å². The molecule has 0 saturated heterocycles. The summed E-state index contributed by atoms with van der Waals surface area (Å²) in [5.74, 6) is -0.881. The van der Waals surface area contributed by atoms with Crippen LogP contribution >= 0.6 is 0 Å². The molecule has 5 nitrogen and oxygen atoms in total. The molecule has 0 radical (unpaired) electrons. The molecule has 0 aliphatic rings. The SMILES string of the molecule is CC(C)(C)NC(=O)CNCCCC(=O)O. The standard InChI is InChI=1S/C10H20N2O3/c1-10(2,3)12-8(13)7-11-6-4-5-9(14)15/h11H,4-7H2,1-3H3,(H,12,13)(H,14,15). The Labute approximate surface area is 90.2 Å². The first-order chi connectivity index (χ1) is 6.81. The molecule has 0 aliphatic heterocycles. The molecular formula is C10H20N2O3. The molecule has 1 amide bonds. The summed E-state index contributed by atoms with van der Waals surface area (Å²) in [6.07, 6.45) is 0.673. The second-order valence-electron chi connectivity index (χ2n) is 4.47. The van der Waals surface area contributed by atoms with Crippen LogP contribution in [-0.2, 0) is 9.59 Å². The second-order valence-corrected chi connectivity index (χ2v) is 4.47. The summed E-state index contributed by atoms with van der Waals surface area (Å²) in [5.41, 5.74) is -0.222. The third kappa shape index (κ3) is 10.8. The summed E-state index contributed by atoms with van der Waals surface area (Å²) >= 11 is 0. The van der Waals surface area contributed by atoms with Gasteiger partial charge in [0.1, 0.15) is 0 Å². The number of amides is 1. The number of hydrogen-bond donors (Lipinski definition) is 3. The van der Waals surface area contributed by atoms with Crippen LogP contribution in [0.4, 0.5) is 0 Å². The predicted molar refractivity (Wildman–Crippen MR) is 57.6 cm³/mol. The van der Waals surface area contributed by atoms with E-state index in [0.29, 0.717) is 13.0 Å². The average molecular weight is 216 g/mol. The van der Waals surface area contributed by atoms with E-state index in [-0.39, 0.29) is 24.4 Å². The molecule has 0 aromatic heterocycles. The zero-order valence-electron chi connectivity index (χ0n) is 9.59. The van der Waals surface area contributed by atoms with Gasteiger partial charge in [-0.2, -0.15) is 0 Å². The van der Waals surface area contributed by atoms with Gasteiger partial charge in [0.05, 0.1) is 6.54 Å². The Kier molecular flexibility index (Phi) is 5.93. The van der Waals surface area contributed by atoms with Crippen LogP contribution in [0.1, 0.15) is 33.6 Å². The molecule has 0 atom stereocenters. The summed E-state index contributed by atoms with van der Waals surface area (Å²) < 4.78 is 0. The summed E-state index contributed by atoms with van der Waals surface area (Å²) in [7, 11) is 0. The maximum atomic E-state index is 11.3. The number of aliphatic carboxylic acids is 1. The highest BCUT2D eigenvalue weighted by molar-refractivity contribution is 5.78. The zero-order chi connectivity index (χ0) is 11.9. The topological polar surface area (TPSA) is 78.4 Å². The minimum atomic E-state index is -0.809. The van der Waals surface area contributed by atoms with E-state index in [4.69, 9.17) is 5.11 Å². The van der Waals surface area contributed by atoms with Gasteiger partial charge in [0.2, 0.25) is 5.91 Å². The fourth-order valence-electron chi connectivity index (χ4n) is 1.03. The second kappa shape index (κ2) is 6.40. The third-order valence-corrected chi connectivity index (χ3v) is 1.54. The molecule has 0 saturated carbocycles. The van der Waals surface area contributed by atoms with E-state index >= 15 is 0 Å². The lowest BCUT2D eigenvalue weighted by atomic mass is 10.1. The van der Waals surface area contributed by atoms with E-state index in [1.807, 2.05) is 20.8 Å². The molecule has 0 spiro atoms. The van der Waals surface area contributed by atoms with Crippen molar-refractivity contribution in [2.75, 3.05) is 13.1 Å². The van der Waals surface area contributed by atoms with Crippen LogP contribution in [0, 0.1) is 0 Å². The van der Waals surface area contributed by atoms with Crippen molar-refractivity contribution in [3.05, 3.63) is 0 Å². The number of carbonyl (C=O) groups excluding carboxylic acids is 1. The van der Waals surface area contributed by atoms with E-state index < -0.39 is 5.97 Å². The predicted octanol–water partition coefficient (Wildman–Crippen LogP) is 0.355. The minimum Gasteiger partial charge on any atom is -0.481 e. The number of carboxylic acid groups (broad SMARTS) is 1. The third-order valence-electron chi connectivity index (χ3n) is 1.54. The molecule has 0 heterocycles. The monoisotopic (exact) mass is 216 g/mol. The normalized spacial score (nSPS) is 11.1. The van der Waals surface area contributed by atoms with Crippen molar-refractivity contribution >= 4 is 11.9 Å². The van der Waals surface area contributed by atoms with Crippen molar-refractivity contribution in [3.63, 3.8) is 0 Å². The maximum absolute atomic E-state index is 11.3. The smallest absolute Gasteiger partial charge is 0.303 e. The van der Waals surface area contributed by atoms with E-state index in [2.05, 4.69) is 10.6 Å². The van der Waals surface area contributed by atoms with Gasteiger partial charge in [-0.1, -0.05) is 0 Å². The molecule has 0 unspecified atom stereocenters. The lowest BCUT2D eigenvalue weighted by Gasteiger charge is -2.20. The van der Waals surface area contributed by atoms with Gasteiger partial charge in [-0.05, 0) is 33.7 Å². The van der Waals surface area contributed by atoms with Crippen LogP contribution in [0.15, 0.2) is 0 Å². The van der Waals surface area contributed by atoms with Gasteiger partial charge in [-0.3, -0.25) is 9.59 Å². The Morgan fingerprint density at radius 2 is 1.87 bits per heavy atom. The summed E-state index contributed by atoms with van der Waals surface area (Å²) in [5, 5.41) is 14.1. The van der Waals surface area contributed by atoms with Gasteiger partial charge in [-0.25, -0.2) is 0 Å². The van der Waals surface area contributed by atoms with Crippen molar-refractivity contribution < 1.29 is 14.7 Å². The molecule has 88 valence electrons. The Bertz CT molecular complexity index is 221. The summed E-state index contributed by atoms with van der Waals surface area (Å²) in [6.45, 7) is 6.51. The number of carboxylic acids is 1. The average Bonchev–Trinajstić information content (AvgIpc) is 1.99. The largest absolute Gasteiger partial charge is 0.481 e. The highest BCUT2D eigenvalue weighted by atomic mass is 16.4. The number of hydrogen-bond acceptors (Lipinski definition) is 3. The summed E-state index contributed by atoms with van der Waals surface area (Å²) in [4.78, 5) is 21.4. The molecule has 3 N–H and O–H groups in total. The molecular weight excluding hydrogens is 196 g/mol. The van der Waals surface area contributed by atoms with Crippen LogP contribution in [0.2, 0.25) is 0 Å². The first-order valence-corrected chi connectivity index (χ1v) is 5.05. The van der Waals surface area contributed by atoms with Crippen molar-refractivity contribution in [2.24, 2.45) is 0 Å². The van der Waals surface area contributed by atoms with Gasteiger partial charge in [0, 0.05) is 12.0 Å². The van der Waals surface area contributed by atoms with Gasteiger partial charge in [0.25, 0.3) is 0 Å². The van der Waals surface area contributed by atoms with Gasteiger partial charge >= 0.3 is 5.97 Å². The van der Waals surface area contributed by atoms with Crippen LogP contribution < -0.4 is 10.6 Å².